The Kier molecular flexibility index (Phi) is 494. The summed E-state index contributed by atoms with van der Waals surface area (Å²) in [5, 5.41) is 0. The van der Waals surface area contributed by atoms with Crippen molar-refractivity contribution in [3.63, 3.8) is 0 Å². The zero-order valence-electron chi connectivity index (χ0n) is 11.5. The molecule has 0 spiro atoms. The minimum Gasteiger partial charge on any atom is -0.358 e. The summed E-state index contributed by atoms with van der Waals surface area (Å²) in [7, 11) is 0. The summed E-state index contributed by atoms with van der Waals surface area (Å²) in [5.41, 5.74) is 0. The van der Waals surface area contributed by atoms with Gasteiger partial charge < -0.3 is 22.3 Å². The minimum absolute atomic E-state index is 0. The van der Waals surface area contributed by atoms with E-state index in [1.807, 2.05) is 0 Å². The van der Waals surface area contributed by atoms with Gasteiger partial charge in [0, 0.05) is 0 Å². The molecule has 0 bridgehead atoms. The predicted octanol–water partition coefficient (Wildman–Crippen LogP) is 5.60. The second-order valence-corrected chi connectivity index (χ2v) is 2.12. The second-order valence-electron chi connectivity index (χ2n) is 2.12. The minimum atomic E-state index is 0. The van der Waals surface area contributed by atoms with Gasteiger partial charge in [0.25, 0.3) is 0 Å². The molecule has 0 aromatic carbocycles. The molecule has 0 rings (SSSR count). The third-order valence-electron chi connectivity index (χ3n) is 0. The van der Waals surface area contributed by atoms with E-state index in [4.69, 9.17) is 0 Å². The van der Waals surface area contributed by atoms with Gasteiger partial charge in [-0.2, -0.15) is 0 Å². The van der Waals surface area contributed by atoms with Crippen molar-refractivity contribution in [2.75, 3.05) is 0 Å². The van der Waals surface area contributed by atoms with Gasteiger partial charge in [0.2, 0.25) is 0 Å². The van der Waals surface area contributed by atoms with Gasteiger partial charge in [0.15, 0.2) is 0 Å². The molecule has 0 aromatic heterocycles. The largest absolute Gasteiger partial charge is 3.00 e. The Labute approximate surface area is 103 Å². The zero-order valence-corrected chi connectivity index (χ0v) is 13.2. The quantitative estimate of drug-likeness (QED) is 0.400. The summed E-state index contributed by atoms with van der Waals surface area (Å²) < 4.78 is 0. The molecule has 0 saturated heterocycles. The van der Waals surface area contributed by atoms with Crippen LogP contribution in [0.4, 0.5) is 0 Å². The molecule has 0 aromatic rings. The van der Waals surface area contributed by atoms with Crippen molar-refractivity contribution in [2.24, 2.45) is 0 Å². The molecule has 0 fully saturated rings. The molecule has 1 heteroatoms. The van der Waals surface area contributed by atoms with Gasteiger partial charge in [-0.15, -0.1) is 0 Å². The van der Waals surface area contributed by atoms with Gasteiger partial charge >= 0.3 is 19.5 Å². The smallest absolute Gasteiger partial charge is 0.358 e. The second kappa shape index (κ2) is 130. The molecule has 0 aliphatic rings. The molecule has 13 heavy (non-hydrogen) atoms. The Balaban J connectivity index is -0.00000000720. The third-order valence-corrected chi connectivity index (χ3v) is 0. The summed E-state index contributed by atoms with van der Waals surface area (Å²) in [6.45, 7) is 12.8. The van der Waals surface area contributed by atoms with E-state index in [-0.39, 0.29) is 41.8 Å². The van der Waals surface area contributed by atoms with Crippen LogP contribution >= 0.6 is 0 Å². The molecule has 0 amide bonds. The molecule has 89 valence electrons. The van der Waals surface area contributed by atoms with Gasteiger partial charge in [0.1, 0.15) is 0 Å². The van der Waals surface area contributed by atoms with Crippen LogP contribution in [0.5, 0.6) is 0 Å². The number of hydrogen-bond acceptors (Lipinski definition) is 0. The molecule has 0 heterocycles. The molecular formula is C12H33Ru. The van der Waals surface area contributed by atoms with Crippen LogP contribution in [0, 0.1) is 22.3 Å². The van der Waals surface area contributed by atoms with Crippen molar-refractivity contribution in [3.8, 4) is 0 Å². The van der Waals surface area contributed by atoms with E-state index in [0.717, 1.165) is 0 Å². The van der Waals surface area contributed by atoms with Crippen LogP contribution in [-0.4, -0.2) is 0 Å². The van der Waals surface area contributed by atoms with E-state index in [0.29, 0.717) is 0 Å². The van der Waals surface area contributed by atoms with Crippen LogP contribution in [0.15, 0.2) is 0 Å². The van der Waals surface area contributed by atoms with Crippen LogP contribution in [0.3, 0.4) is 0 Å². The van der Waals surface area contributed by atoms with Gasteiger partial charge in [-0.25, -0.2) is 0 Å². The molecule has 0 atom stereocenters. The van der Waals surface area contributed by atoms with Crippen molar-refractivity contribution in [3.05, 3.63) is 22.3 Å². The van der Waals surface area contributed by atoms with Crippen LogP contribution in [-0.2, 0) is 19.5 Å². The first-order chi connectivity index (χ1) is 4.24. The number of rotatable bonds is 0. The maximum atomic E-state index is 2.12. The van der Waals surface area contributed by atoms with Crippen LogP contribution in [0.2, 0.25) is 0 Å². The fourth-order valence-electron chi connectivity index (χ4n) is 0. The molecule has 0 aliphatic carbocycles. The SMILES string of the molecule is CCC.CCC.CCC.[CH3-].[CH3-].[CH3-].[Ru+3]. The van der Waals surface area contributed by atoms with E-state index in [9.17, 15) is 0 Å². The van der Waals surface area contributed by atoms with E-state index < -0.39 is 0 Å². The summed E-state index contributed by atoms with van der Waals surface area (Å²) in [6, 6.07) is 0. The van der Waals surface area contributed by atoms with Crippen molar-refractivity contribution >= 4 is 0 Å². The molecule has 0 saturated carbocycles. The number of hydrogen-bond donors (Lipinski definition) is 0. The maximum Gasteiger partial charge on any atom is 3.00 e. The molecule has 1 radical (unpaired) electrons. The van der Waals surface area contributed by atoms with Gasteiger partial charge in [0.05, 0.1) is 0 Å². The Morgan fingerprint density at radius 1 is 0.462 bits per heavy atom. The maximum absolute atomic E-state index is 2.12. The van der Waals surface area contributed by atoms with Crippen molar-refractivity contribution in [1.82, 2.24) is 0 Å². The topological polar surface area (TPSA) is 0 Å². The monoisotopic (exact) mass is 279 g/mol. The summed E-state index contributed by atoms with van der Waals surface area (Å²) in [5.74, 6) is 0. The van der Waals surface area contributed by atoms with Gasteiger partial charge in [-0.3, -0.25) is 0 Å². The molecule has 0 unspecified atom stereocenters. The van der Waals surface area contributed by atoms with E-state index in [2.05, 4.69) is 41.5 Å². The van der Waals surface area contributed by atoms with Gasteiger partial charge in [-0.05, 0) is 0 Å². The van der Waals surface area contributed by atoms with Gasteiger partial charge in [-0.1, -0.05) is 60.8 Å². The van der Waals surface area contributed by atoms with E-state index in [1.54, 1.807) is 0 Å². The van der Waals surface area contributed by atoms with Crippen molar-refractivity contribution < 1.29 is 19.5 Å². The normalized spacial score (nSPS) is 4.15. The molecule has 0 N–H and O–H groups in total. The molecule has 0 aliphatic heterocycles. The van der Waals surface area contributed by atoms with Crippen LogP contribution in [0.1, 0.15) is 60.8 Å². The Morgan fingerprint density at radius 3 is 0.462 bits per heavy atom. The van der Waals surface area contributed by atoms with Crippen molar-refractivity contribution in [1.29, 1.82) is 0 Å². The standard InChI is InChI=1S/3C3H8.3CH3.Ru/c3*1-3-2;;;;/h3*3H2,1-2H3;3*1H3;/q;;;3*-1;+3. The Bertz CT molecular complexity index is 9.84. The first-order valence-corrected chi connectivity index (χ1v) is 4.24. The summed E-state index contributed by atoms with van der Waals surface area (Å²) in [4.78, 5) is 0. The first kappa shape index (κ1) is 49.5. The van der Waals surface area contributed by atoms with Crippen LogP contribution in [0.25, 0.3) is 0 Å². The average molecular weight is 278 g/mol. The van der Waals surface area contributed by atoms with E-state index >= 15 is 0 Å². The molecular weight excluding hydrogens is 245 g/mol. The van der Waals surface area contributed by atoms with Crippen molar-refractivity contribution in [2.45, 2.75) is 60.8 Å². The Hall–Kier alpha value is 0.623. The molecule has 0 nitrogen and oxygen atoms in total. The first-order valence-electron chi connectivity index (χ1n) is 4.24. The van der Waals surface area contributed by atoms with E-state index in [1.165, 1.54) is 19.3 Å². The average Bonchev–Trinajstić information content (AvgIpc) is 1.70. The summed E-state index contributed by atoms with van der Waals surface area (Å²) >= 11 is 0. The third kappa shape index (κ3) is 3670. The summed E-state index contributed by atoms with van der Waals surface area (Å²) in [6.07, 6.45) is 3.75. The fourth-order valence-corrected chi connectivity index (χ4v) is 0. The predicted molar refractivity (Wildman–Crippen MR) is 67.1 cm³/mol. The van der Waals surface area contributed by atoms with Crippen LogP contribution < -0.4 is 0 Å². The zero-order chi connectivity index (χ0) is 8.12. The fraction of sp³-hybridized carbons (Fsp3) is 0.750. The Morgan fingerprint density at radius 2 is 0.462 bits per heavy atom.